The molecule has 0 atom stereocenters. The van der Waals surface area contributed by atoms with Crippen LogP contribution in [0.2, 0.25) is 0 Å². The standard InChI is InChI=1S/C48H99NO23/c1-2-50-5-6-52-9-10-54-13-14-56-17-18-58-21-22-60-25-26-62-29-30-64-33-34-66-37-38-68-41-42-70-45-46-72-48-47-71-44-43-69-40-39-67-36-35-65-32-31-63-28-27-61-24-23-59-20-19-57-16-15-55-12-11-53-8-7-51-4-3-49/h2-49H2,1H3. The number of ether oxygens (including phenoxy) is 23. The number of hydrogen-bond acceptors (Lipinski definition) is 24. The maximum absolute atomic E-state index is 5.52. The Bertz CT molecular complexity index is 860. The summed E-state index contributed by atoms with van der Waals surface area (Å²) in [6, 6.07) is 0. The number of nitrogens with two attached hydrogens (primary N) is 1. The van der Waals surface area contributed by atoms with Crippen LogP contribution in [0.4, 0.5) is 0 Å². The monoisotopic (exact) mass is 1060 g/mol. The molecule has 2 N–H and O–H groups in total. The first kappa shape index (κ1) is 71.0. The van der Waals surface area contributed by atoms with Gasteiger partial charge in [-0.15, -0.1) is 0 Å². The predicted molar refractivity (Wildman–Crippen MR) is 264 cm³/mol. The van der Waals surface area contributed by atoms with Crippen molar-refractivity contribution in [1.82, 2.24) is 0 Å². The zero-order chi connectivity index (χ0) is 51.5. The SMILES string of the molecule is CCOCCOCCOCCOCCOCCOCCOCCOCCOCCOCCOCCOCCOCCOCCOCCOCCOCCOCCOCCOCCOCCOCCOCCN. The van der Waals surface area contributed by atoms with Crippen LogP contribution in [0.3, 0.4) is 0 Å². The molecule has 24 heteroatoms. The summed E-state index contributed by atoms with van der Waals surface area (Å²) in [7, 11) is 0. The van der Waals surface area contributed by atoms with Gasteiger partial charge in [0.1, 0.15) is 0 Å². The van der Waals surface area contributed by atoms with Crippen LogP contribution in [-0.2, 0) is 109 Å². The van der Waals surface area contributed by atoms with E-state index in [0.29, 0.717) is 310 Å². The second-order valence-electron chi connectivity index (χ2n) is 14.5. The Morgan fingerprint density at radius 2 is 0.222 bits per heavy atom. The Hall–Kier alpha value is -0.960. The fourth-order valence-corrected chi connectivity index (χ4v) is 5.07. The van der Waals surface area contributed by atoms with Gasteiger partial charge in [-0.2, -0.15) is 0 Å². The van der Waals surface area contributed by atoms with Crippen LogP contribution < -0.4 is 5.73 Å². The maximum atomic E-state index is 5.52. The Kier molecular flexibility index (Phi) is 69.1. The Morgan fingerprint density at radius 3 is 0.306 bits per heavy atom. The van der Waals surface area contributed by atoms with Gasteiger partial charge in [0.25, 0.3) is 0 Å². The molecule has 0 aliphatic rings. The molecule has 0 heterocycles. The van der Waals surface area contributed by atoms with Crippen molar-refractivity contribution in [3.63, 3.8) is 0 Å². The van der Waals surface area contributed by atoms with E-state index in [9.17, 15) is 0 Å². The van der Waals surface area contributed by atoms with E-state index >= 15 is 0 Å². The van der Waals surface area contributed by atoms with Crippen molar-refractivity contribution in [2.75, 3.05) is 310 Å². The van der Waals surface area contributed by atoms with Crippen molar-refractivity contribution in [2.24, 2.45) is 5.73 Å². The van der Waals surface area contributed by atoms with Gasteiger partial charge in [0.15, 0.2) is 0 Å². The van der Waals surface area contributed by atoms with Crippen molar-refractivity contribution >= 4 is 0 Å². The van der Waals surface area contributed by atoms with Gasteiger partial charge >= 0.3 is 0 Å². The van der Waals surface area contributed by atoms with Crippen LogP contribution >= 0.6 is 0 Å². The van der Waals surface area contributed by atoms with Gasteiger partial charge in [0.05, 0.1) is 297 Å². The quantitative estimate of drug-likeness (QED) is 0.0809. The Morgan fingerprint density at radius 1 is 0.139 bits per heavy atom. The van der Waals surface area contributed by atoms with E-state index in [1.54, 1.807) is 0 Å². The van der Waals surface area contributed by atoms with Crippen LogP contribution in [0.15, 0.2) is 0 Å². The summed E-state index contributed by atoms with van der Waals surface area (Å²) in [5.41, 5.74) is 5.34. The number of hydrogen-bond donors (Lipinski definition) is 1. The van der Waals surface area contributed by atoms with Crippen LogP contribution in [0.25, 0.3) is 0 Å². The van der Waals surface area contributed by atoms with Crippen molar-refractivity contribution in [2.45, 2.75) is 6.92 Å². The average Bonchev–Trinajstić information content (AvgIpc) is 3.39. The maximum Gasteiger partial charge on any atom is 0.0701 e. The van der Waals surface area contributed by atoms with E-state index in [0.717, 1.165) is 0 Å². The fourth-order valence-electron chi connectivity index (χ4n) is 5.07. The summed E-state index contributed by atoms with van der Waals surface area (Å²) in [5.74, 6) is 0. The third-order valence-electron chi connectivity index (χ3n) is 8.65. The first-order chi connectivity index (χ1) is 35.9. The minimum atomic E-state index is 0.489. The molecular formula is C48H99NO23. The van der Waals surface area contributed by atoms with E-state index in [-0.39, 0.29) is 0 Å². The lowest BCUT2D eigenvalue weighted by Gasteiger charge is -2.09. The molecule has 0 fully saturated rings. The van der Waals surface area contributed by atoms with Gasteiger partial charge in [-0.25, -0.2) is 0 Å². The topological polar surface area (TPSA) is 238 Å². The summed E-state index contributed by atoms with van der Waals surface area (Å²) in [4.78, 5) is 0. The van der Waals surface area contributed by atoms with E-state index in [1.165, 1.54) is 0 Å². The summed E-state index contributed by atoms with van der Waals surface area (Å²) >= 11 is 0. The zero-order valence-corrected chi connectivity index (χ0v) is 44.2. The Balaban J connectivity index is 3.07. The first-order valence-electron chi connectivity index (χ1n) is 25.9. The highest BCUT2D eigenvalue weighted by Gasteiger charge is 2.00. The number of rotatable bonds is 69. The van der Waals surface area contributed by atoms with Gasteiger partial charge in [0.2, 0.25) is 0 Å². The van der Waals surface area contributed by atoms with E-state index in [2.05, 4.69) is 0 Å². The van der Waals surface area contributed by atoms with Crippen LogP contribution in [0.5, 0.6) is 0 Å². The second-order valence-corrected chi connectivity index (χ2v) is 14.5. The molecule has 0 amide bonds. The highest BCUT2D eigenvalue weighted by atomic mass is 16.6. The van der Waals surface area contributed by atoms with E-state index < -0.39 is 0 Å². The van der Waals surface area contributed by atoms with Gasteiger partial charge in [-0.1, -0.05) is 0 Å². The fraction of sp³-hybridized carbons (Fsp3) is 1.00. The molecule has 0 saturated heterocycles. The van der Waals surface area contributed by atoms with Crippen molar-refractivity contribution < 1.29 is 109 Å². The molecule has 0 rings (SSSR count). The smallest absolute Gasteiger partial charge is 0.0701 e. The van der Waals surface area contributed by atoms with Crippen molar-refractivity contribution in [3.8, 4) is 0 Å². The largest absolute Gasteiger partial charge is 0.379 e. The van der Waals surface area contributed by atoms with Crippen molar-refractivity contribution in [3.05, 3.63) is 0 Å². The molecule has 434 valence electrons. The summed E-state index contributed by atoms with van der Waals surface area (Å²) in [6.07, 6.45) is 0. The molecule has 0 aromatic carbocycles. The van der Waals surface area contributed by atoms with E-state index in [4.69, 9.17) is 115 Å². The molecule has 0 unspecified atom stereocenters. The molecule has 0 aliphatic carbocycles. The Labute approximate surface area is 431 Å². The average molecular weight is 1060 g/mol. The predicted octanol–water partition coefficient (Wildman–Crippen LogP) is 0.347. The molecular weight excluding hydrogens is 959 g/mol. The van der Waals surface area contributed by atoms with Crippen LogP contribution in [0, 0.1) is 0 Å². The first-order valence-corrected chi connectivity index (χ1v) is 25.9. The summed E-state index contributed by atoms with van der Waals surface area (Å²) < 4.78 is 126. The molecule has 0 aromatic rings. The lowest BCUT2D eigenvalue weighted by molar-refractivity contribution is -0.0318. The molecule has 24 nitrogen and oxygen atoms in total. The third kappa shape index (κ3) is 69.0. The normalized spacial score (nSPS) is 11.8. The molecule has 0 aliphatic heterocycles. The van der Waals surface area contributed by atoms with Crippen LogP contribution in [0.1, 0.15) is 6.92 Å². The zero-order valence-electron chi connectivity index (χ0n) is 44.2. The highest BCUT2D eigenvalue weighted by Crippen LogP contribution is 1.90. The van der Waals surface area contributed by atoms with E-state index in [1.807, 2.05) is 6.92 Å². The minimum absolute atomic E-state index is 0.489. The molecule has 0 aromatic heterocycles. The molecule has 0 saturated carbocycles. The third-order valence-corrected chi connectivity index (χ3v) is 8.65. The van der Waals surface area contributed by atoms with Gasteiger partial charge in [-0.05, 0) is 6.92 Å². The summed E-state index contributed by atoms with van der Waals surface area (Å²) in [5, 5.41) is 0. The van der Waals surface area contributed by atoms with Crippen molar-refractivity contribution in [1.29, 1.82) is 0 Å². The molecule has 0 spiro atoms. The van der Waals surface area contributed by atoms with Gasteiger partial charge in [-0.3, -0.25) is 0 Å². The molecule has 0 radical (unpaired) electrons. The van der Waals surface area contributed by atoms with Gasteiger partial charge < -0.3 is 115 Å². The summed E-state index contributed by atoms with van der Waals surface area (Å²) in [6.45, 7) is 26.1. The van der Waals surface area contributed by atoms with Crippen LogP contribution in [-0.4, -0.2) is 310 Å². The lowest BCUT2D eigenvalue weighted by Crippen LogP contribution is -2.16. The highest BCUT2D eigenvalue weighted by molar-refractivity contribution is 4.42. The molecule has 0 bridgehead atoms. The minimum Gasteiger partial charge on any atom is -0.379 e. The molecule has 72 heavy (non-hydrogen) atoms. The van der Waals surface area contributed by atoms with Gasteiger partial charge in [0, 0.05) is 13.2 Å². The lowest BCUT2D eigenvalue weighted by atomic mass is 10.6. The second kappa shape index (κ2) is 70.0.